The molecule has 0 aromatic carbocycles. The summed E-state index contributed by atoms with van der Waals surface area (Å²) in [4.78, 5) is 11.3. The largest absolute Gasteiger partial charge is 0.458 e. The van der Waals surface area contributed by atoms with Gasteiger partial charge in [-0.2, -0.15) is 0 Å². The quantitative estimate of drug-likeness (QED) is 0.502. The normalized spacial score (nSPS) is 15.0. The van der Waals surface area contributed by atoms with Gasteiger partial charge in [-0.25, -0.2) is 4.58 Å². The van der Waals surface area contributed by atoms with E-state index in [-0.39, 0.29) is 5.78 Å². The standard InChI is InChI=1S/C11H14NO2/c1-4-10(13)9(2)11-5-6-12(3)7-8-14-11/h5-8H,2,4H2,1,3H3/q+1. The number of ketones is 1. The summed E-state index contributed by atoms with van der Waals surface area (Å²) in [6.45, 7) is 5.50. The van der Waals surface area contributed by atoms with Crippen molar-refractivity contribution in [2.75, 3.05) is 7.05 Å². The van der Waals surface area contributed by atoms with E-state index in [0.717, 1.165) is 0 Å². The Hall–Kier alpha value is -1.64. The van der Waals surface area contributed by atoms with Crippen LogP contribution in [0, 0.1) is 0 Å². The molecule has 0 spiro atoms. The number of carbonyl (C=O) groups is 1. The first-order chi connectivity index (χ1) is 6.65. The van der Waals surface area contributed by atoms with Gasteiger partial charge in [-0.15, -0.1) is 0 Å². The second-order valence-corrected chi connectivity index (χ2v) is 3.00. The lowest BCUT2D eigenvalue weighted by Crippen LogP contribution is -2.03. The van der Waals surface area contributed by atoms with Crippen LogP contribution in [0.5, 0.6) is 0 Å². The number of rotatable bonds is 3. The third-order valence-corrected chi connectivity index (χ3v) is 1.91. The molecule has 1 aliphatic heterocycles. The van der Waals surface area contributed by atoms with Gasteiger partial charge >= 0.3 is 0 Å². The van der Waals surface area contributed by atoms with Crippen molar-refractivity contribution in [1.29, 1.82) is 0 Å². The minimum Gasteiger partial charge on any atom is -0.458 e. The van der Waals surface area contributed by atoms with Crippen molar-refractivity contribution in [3.05, 3.63) is 36.4 Å². The maximum absolute atomic E-state index is 11.3. The third-order valence-electron chi connectivity index (χ3n) is 1.91. The molecule has 0 fully saturated rings. The summed E-state index contributed by atoms with van der Waals surface area (Å²) in [7, 11) is 1.88. The zero-order chi connectivity index (χ0) is 10.6. The van der Waals surface area contributed by atoms with Crippen LogP contribution in [0.25, 0.3) is 0 Å². The summed E-state index contributed by atoms with van der Waals surface area (Å²) in [5.74, 6) is 0.514. The molecule has 0 amide bonds. The van der Waals surface area contributed by atoms with E-state index in [9.17, 15) is 4.79 Å². The minimum atomic E-state index is 0.00241. The van der Waals surface area contributed by atoms with Gasteiger partial charge in [-0.05, 0) is 0 Å². The van der Waals surface area contributed by atoms with Gasteiger partial charge in [0.1, 0.15) is 12.8 Å². The fourth-order valence-corrected chi connectivity index (χ4v) is 0.996. The highest BCUT2D eigenvalue weighted by molar-refractivity contribution is 5.99. The van der Waals surface area contributed by atoms with Crippen molar-refractivity contribution in [2.24, 2.45) is 0 Å². The first kappa shape index (κ1) is 10.4. The molecular weight excluding hydrogens is 178 g/mol. The van der Waals surface area contributed by atoms with Gasteiger partial charge in [0.05, 0.1) is 5.57 Å². The lowest BCUT2D eigenvalue weighted by atomic mass is 10.1. The molecule has 1 heterocycles. The lowest BCUT2D eigenvalue weighted by Gasteiger charge is -2.04. The van der Waals surface area contributed by atoms with Crippen LogP contribution in [0.1, 0.15) is 13.3 Å². The summed E-state index contributed by atoms with van der Waals surface area (Å²) < 4.78 is 7.08. The summed E-state index contributed by atoms with van der Waals surface area (Å²) >= 11 is 0. The van der Waals surface area contributed by atoms with E-state index in [1.54, 1.807) is 19.2 Å². The summed E-state index contributed by atoms with van der Waals surface area (Å²) in [6.07, 6.45) is 7.28. The maximum Gasteiger partial charge on any atom is 0.203 e. The average molecular weight is 192 g/mol. The smallest absolute Gasteiger partial charge is 0.203 e. The second-order valence-electron chi connectivity index (χ2n) is 3.00. The van der Waals surface area contributed by atoms with Crippen LogP contribution >= 0.6 is 0 Å². The van der Waals surface area contributed by atoms with Crippen molar-refractivity contribution >= 4 is 12.0 Å². The van der Waals surface area contributed by atoms with Crippen LogP contribution in [0.4, 0.5) is 0 Å². The number of hydrogen-bond donors (Lipinski definition) is 0. The molecule has 0 aromatic rings. The molecule has 0 atom stereocenters. The molecule has 0 aliphatic carbocycles. The lowest BCUT2D eigenvalue weighted by molar-refractivity contribution is -0.416. The Morgan fingerprint density at radius 2 is 2.36 bits per heavy atom. The van der Waals surface area contributed by atoms with Gasteiger partial charge in [-0.3, -0.25) is 4.79 Å². The zero-order valence-corrected chi connectivity index (χ0v) is 8.49. The molecule has 1 aliphatic rings. The van der Waals surface area contributed by atoms with Gasteiger partial charge in [0, 0.05) is 12.5 Å². The van der Waals surface area contributed by atoms with Crippen LogP contribution in [-0.2, 0) is 9.53 Å². The van der Waals surface area contributed by atoms with Crippen LogP contribution < -0.4 is 0 Å². The van der Waals surface area contributed by atoms with Gasteiger partial charge in [0.15, 0.2) is 18.3 Å². The number of hydrogen-bond acceptors (Lipinski definition) is 2. The molecule has 3 nitrogen and oxygen atoms in total. The van der Waals surface area contributed by atoms with Crippen molar-refractivity contribution in [3.63, 3.8) is 0 Å². The van der Waals surface area contributed by atoms with E-state index in [1.807, 2.05) is 17.8 Å². The van der Waals surface area contributed by atoms with Crippen molar-refractivity contribution in [3.8, 4) is 0 Å². The predicted molar refractivity (Wildman–Crippen MR) is 55.0 cm³/mol. The molecule has 74 valence electrons. The van der Waals surface area contributed by atoms with Crippen molar-refractivity contribution in [1.82, 2.24) is 0 Å². The Labute approximate surface area is 83.7 Å². The van der Waals surface area contributed by atoms with Crippen LogP contribution in [-0.4, -0.2) is 23.6 Å². The monoisotopic (exact) mass is 192 g/mol. The molecule has 0 aromatic heterocycles. The molecule has 0 unspecified atom stereocenters. The van der Waals surface area contributed by atoms with Gasteiger partial charge in [0.2, 0.25) is 6.20 Å². The Bertz CT molecular complexity index is 348. The van der Waals surface area contributed by atoms with E-state index in [1.165, 1.54) is 6.26 Å². The van der Waals surface area contributed by atoms with E-state index >= 15 is 0 Å². The average Bonchev–Trinajstić information content (AvgIpc) is 2.40. The number of Topliss-reactive ketones (excluding diaryl/α,β-unsaturated/α-hetero) is 1. The molecule has 0 radical (unpaired) electrons. The first-order valence-electron chi connectivity index (χ1n) is 4.48. The Kier molecular flexibility index (Phi) is 3.40. The first-order valence-corrected chi connectivity index (χ1v) is 4.48. The number of allylic oxidation sites excluding steroid dienone is 2. The topological polar surface area (TPSA) is 29.3 Å². The molecule has 0 saturated carbocycles. The van der Waals surface area contributed by atoms with Gasteiger partial charge in [-0.1, -0.05) is 13.5 Å². The highest BCUT2D eigenvalue weighted by atomic mass is 16.5. The SMILES string of the molecule is C=C(C(=O)CC)C1=CC=[N+](C)C=CO1. The van der Waals surface area contributed by atoms with Crippen LogP contribution in [0.15, 0.2) is 36.4 Å². The Morgan fingerprint density at radius 1 is 1.64 bits per heavy atom. The van der Waals surface area contributed by atoms with E-state index in [2.05, 4.69) is 6.58 Å². The number of carbonyl (C=O) groups excluding carboxylic acids is 1. The number of ether oxygens (including phenoxy) is 1. The maximum atomic E-state index is 11.3. The fourth-order valence-electron chi connectivity index (χ4n) is 0.996. The predicted octanol–water partition coefficient (Wildman–Crippen LogP) is 1.62. The van der Waals surface area contributed by atoms with Crippen LogP contribution in [0.2, 0.25) is 0 Å². The molecule has 14 heavy (non-hydrogen) atoms. The fraction of sp³-hybridized carbons (Fsp3) is 0.273. The third kappa shape index (κ3) is 2.42. The van der Waals surface area contributed by atoms with Crippen molar-refractivity contribution < 1.29 is 14.1 Å². The summed E-state index contributed by atoms with van der Waals surface area (Å²) in [5.41, 5.74) is 0.420. The summed E-state index contributed by atoms with van der Waals surface area (Å²) in [6, 6.07) is 0. The summed E-state index contributed by atoms with van der Waals surface area (Å²) in [5, 5.41) is 0. The zero-order valence-electron chi connectivity index (χ0n) is 8.49. The molecule has 1 rings (SSSR count). The highest BCUT2D eigenvalue weighted by Crippen LogP contribution is 2.13. The van der Waals surface area contributed by atoms with Crippen molar-refractivity contribution in [2.45, 2.75) is 13.3 Å². The minimum absolute atomic E-state index is 0.00241. The number of nitrogens with zero attached hydrogens (tertiary/aromatic N) is 1. The van der Waals surface area contributed by atoms with Gasteiger partial charge < -0.3 is 4.74 Å². The Morgan fingerprint density at radius 3 is 3.00 bits per heavy atom. The van der Waals surface area contributed by atoms with E-state index < -0.39 is 0 Å². The second kappa shape index (κ2) is 4.56. The molecule has 3 heteroatoms. The highest BCUT2D eigenvalue weighted by Gasteiger charge is 2.12. The Balaban J connectivity index is 2.85. The van der Waals surface area contributed by atoms with E-state index in [4.69, 9.17) is 4.74 Å². The molecular formula is C11H14NO2+. The van der Waals surface area contributed by atoms with Gasteiger partial charge in [0.25, 0.3) is 0 Å². The molecule has 0 bridgehead atoms. The van der Waals surface area contributed by atoms with Crippen LogP contribution in [0.3, 0.4) is 0 Å². The van der Waals surface area contributed by atoms with E-state index in [0.29, 0.717) is 17.8 Å². The molecule has 0 saturated heterocycles. The molecule has 0 N–H and O–H groups in total.